The number of anilines is 1. The number of carbonyl (C=O) groups is 2. The number of nitrogens with one attached hydrogen (secondary N) is 1. The lowest BCUT2D eigenvalue weighted by Crippen LogP contribution is -2.35. The molecule has 7 nitrogen and oxygen atoms in total. The summed E-state index contributed by atoms with van der Waals surface area (Å²) in [5, 5.41) is 13.7. The summed E-state index contributed by atoms with van der Waals surface area (Å²) in [5.74, 6) is -0.906. The molecule has 1 aromatic carbocycles. The van der Waals surface area contributed by atoms with Crippen molar-refractivity contribution in [1.29, 1.82) is 0 Å². The molecular weight excluding hydrogens is 300 g/mol. The predicted molar refractivity (Wildman–Crippen MR) is 79.5 cm³/mol. The number of nitro groups is 1. The van der Waals surface area contributed by atoms with Gasteiger partial charge in [0.05, 0.1) is 16.8 Å². The molecule has 120 valence electrons. The van der Waals surface area contributed by atoms with E-state index in [1.54, 1.807) is 19.1 Å². The van der Waals surface area contributed by atoms with Gasteiger partial charge in [0.1, 0.15) is 6.10 Å². The Balaban J connectivity index is 1.56. The van der Waals surface area contributed by atoms with Gasteiger partial charge in [-0.25, -0.2) is 0 Å². The fraction of sp³-hybridized carbons (Fsp3) is 0.500. The Morgan fingerprint density at radius 3 is 2.91 bits per heavy atom. The maximum Gasteiger partial charge on any atom is 0.310 e. The highest BCUT2D eigenvalue weighted by molar-refractivity contribution is 5.97. The van der Waals surface area contributed by atoms with Gasteiger partial charge in [-0.15, -0.1) is 0 Å². The van der Waals surface area contributed by atoms with E-state index in [1.165, 1.54) is 6.07 Å². The number of benzene rings is 1. The van der Waals surface area contributed by atoms with E-state index in [4.69, 9.17) is 4.74 Å². The Morgan fingerprint density at radius 2 is 2.17 bits per heavy atom. The second-order valence-corrected chi connectivity index (χ2v) is 6.67. The average molecular weight is 316 g/mol. The summed E-state index contributed by atoms with van der Waals surface area (Å²) >= 11 is 0. The fourth-order valence-corrected chi connectivity index (χ4v) is 4.47. The highest BCUT2D eigenvalue weighted by atomic mass is 16.6. The molecule has 3 aliphatic rings. The van der Waals surface area contributed by atoms with Crippen LogP contribution in [0.2, 0.25) is 0 Å². The quantitative estimate of drug-likeness (QED) is 0.522. The molecule has 1 amide bonds. The smallest absolute Gasteiger partial charge is 0.310 e. The lowest BCUT2D eigenvalue weighted by Gasteiger charge is -2.23. The molecule has 0 radical (unpaired) electrons. The Morgan fingerprint density at radius 1 is 1.39 bits per heavy atom. The van der Waals surface area contributed by atoms with Crippen LogP contribution in [0.5, 0.6) is 0 Å². The van der Waals surface area contributed by atoms with Gasteiger partial charge in [-0.1, -0.05) is 6.07 Å². The van der Waals surface area contributed by atoms with E-state index in [-0.39, 0.29) is 47.3 Å². The van der Waals surface area contributed by atoms with Crippen molar-refractivity contribution in [3.8, 4) is 0 Å². The first-order chi connectivity index (χ1) is 11.0. The van der Waals surface area contributed by atoms with E-state index < -0.39 is 4.92 Å². The third kappa shape index (κ3) is 2.03. The van der Waals surface area contributed by atoms with Crippen molar-refractivity contribution in [1.82, 2.24) is 0 Å². The summed E-state index contributed by atoms with van der Waals surface area (Å²) < 4.78 is 5.33. The van der Waals surface area contributed by atoms with Crippen LogP contribution < -0.4 is 5.32 Å². The van der Waals surface area contributed by atoms with E-state index in [0.29, 0.717) is 11.3 Å². The summed E-state index contributed by atoms with van der Waals surface area (Å²) in [6, 6.07) is 4.60. The molecule has 0 unspecified atom stereocenters. The number of hydrogen-bond acceptors (Lipinski definition) is 5. The molecule has 1 saturated heterocycles. The van der Waals surface area contributed by atoms with Crippen molar-refractivity contribution in [3.05, 3.63) is 33.9 Å². The summed E-state index contributed by atoms with van der Waals surface area (Å²) in [4.78, 5) is 35.1. The van der Waals surface area contributed by atoms with Crippen LogP contribution in [0.4, 0.5) is 11.4 Å². The third-order valence-electron chi connectivity index (χ3n) is 5.46. The summed E-state index contributed by atoms with van der Waals surface area (Å²) in [7, 11) is 0. The number of carbonyl (C=O) groups excluding carboxylic acids is 2. The van der Waals surface area contributed by atoms with Gasteiger partial charge in [-0.05, 0) is 31.7 Å². The first kappa shape index (κ1) is 14.2. The number of nitrogens with zero attached hydrogens (tertiary/aromatic N) is 1. The van der Waals surface area contributed by atoms with Gasteiger partial charge < -0.3 is 10.1 Å². The number of nitro benzene ring substituents is 1. The van der Waals surface area contributed by atoms with E-state index in [1.807, 2.05) is 0 Å². The number of rotatable bonds is 3. The minimum atomic E-state index is -0.471. The normalized spacial score (nSPS) is 33.6. The third-order valence-corrected chi connectivity index (χ3v) is 5.46. The zero-order chi connectivity index (χ0) is 16.3. The minimum absolute atomic E-state index is 0.0120. The molecule has 1 heterocycles. The molecule has 5 atom stereocenters. The van der Waals surface area contributed by atoms with E-state index in [9.17, 15) is 19.7 Å². The maximum atomic E-state index is 12.6. The van der Waals surface area contributed by atoms with Crippen LogP contribution in [0.25, 0.3) is 0 Å². The van der Waals surface area contributed by atoms with Gasteiger partial charge in [0.15, 0.2) is 0 Å². The van der Waals surface area contributed by atoms with E-state index >= 15 is 0 Å². The van der Waals surface area contributed by atoms with Gasteiger partial charge in [-0.3, -0.25) is 19.7 Å². The average Bonchev–Trinajstić information content (AvgIpc) is 3.10. The van der Waals surface area contributed by atoms with Crippen LogP contribution in [0, 0.1) is 40.7 Å². The molecule has 1 N–H and O–H groups in total. The number of ether oxygens (including phenoxy) is 1. The van der Waals surface area contributed by atoms with Gasteiger partial charge in [0.25, 0.3) is 5.69 Å². The molecular formula is C16H16N2O5. The summed E-state index contributed by atoms with van der Waals surface area (Å²) in [6.45, 7) is 1.65. The Labute approximate surface area is 132 Å². The lowest BCUT2D eigenvalue weighted by molar-refractivity contribution is -0.385. The number of fused-ring (bicyclic) bond motifs is 1. The Bertz CT molecular complexity index is 729. The highest BCUT2D eigenvalue weighted by Crippen LogP contribution is 2.57. The van der Waals surface area contributed by atoms with Crippen LogP contribution in [0.3, 0.4) is 0 Å². The van der Waals surface area contributed by atoms with E-state index in [2.05, 4.69) is 5.32 Å². The second-order valence-electron chi connectivity index (χ2n) is 6.67. The van der Waals surface area contributed by atoms with Crippen LogP contribution in [0.15, 0.2) is 18.2 Å². The van der Waals surface area contributed by atoms with Crippen LogP contribution in [0.1, 0.15) is 18.4 Å². The lowest BCUT2D eigenvalue weighted by atomic mass is 9.79. The van der Waals surface area contributed by atoms with Crippen LogP contribution >= 0.6 is 0 Å². The first-order valence-corrected chi connectivity index (χ1v) is 7.72. The molecule has 1 aliphatic heterocycles. The van der Waals surface area contributed by atoms with Crippen molar-refractivity contribution >= 4 is 23.3 Å². The summed E-state index contributed by atoms with van der Waals surface area (Å²) in [5.41, 5.74) is 0.893. The zero-order valence-electron chi connectivity index (χ0n) is 12.5. The van der Waals surface area contributed by atoms with Gasteiger partial charge in [-0.2, -0.15) is 0 Å². The molecule has 3 fully saturated rings. The SMILES string of the molecule is Cc1ccc(NC(=O)[C@@H]2[C@H]3C[C@@H]4[C@@H]2C(=O)O[C@@H]4C3)cc1[N+](=O)[O-]. The molecule has 0 spiro atoms. The molecule has 1 aromatic rings. The fourth-order valence-electron chi connectivity index (χ4n) is 4.47. The number of amides is 1. The number of hydrogen-bond donors (Lipinski definition) is 1. The van der Waals surface area contributed by atoms with Crippen molar-refractivity contribution in [2.24, 2.45) is 23.7 Å². The molecule has 7 heteroatoms. The first-order valence-electron chi connectivity index (χ1n) is 7.72. The van der Waals surface area contributed by atoms with Crippen molar-refractivity contribution in [3.63, 3.8) is 0 Å². The molecule has 4 rings (SSSR count). The van der Waals surface area contributed by atoms with Crippen LogP contribution in [-0.2, 0) is 14.3 Å². The molecule has 0 aromatic heterocycles. The second kappa shape index (κ2) is 4.78. The highest BCUT2D eigenvalue weighted by Gasteiger charge is 2.63. The Kier molecular flexibility index (Phi) is 2.94. The van der Waals surface area contributed by atoms with Crippen molar-refractivity contribution < 1.29 is 19.2 Å². The molecule has 2 aliphatic carbocycles. The Hall–Kier alpha value is -2.44. The zero-order valence-corrected chi connectivity index (χ0v) is 12.5. The minimum Gasteiger partial charge on any atom is -0.462 e. The maximum absolute atomic E-state index is 12.6. The monoisotopic (exact) mass is 316 g/mol. The van der Waals surface area contributed by atoms with Gasteiger partial charge in [0, 0.05) is 23.2 Å². The number of aryl methyl sites for hydroxylation is 1. The molecule has 23 heavy (non-hydrogen) atoms. The topological polar surface area (TPSA) is 98.5 Å². The molecule has 2 bridgehead atoms. The van der Waals surface area contributed by atoms with Crippen LogP contribution in [-0.4, -0.2) is 22.9 Å². The summed E-state index contributed by atoms with van der Waals surface area (Å²) in [6.07, 6.45) is 1.59. The van der Waals surface area contributed by atoms with Gasteiger partial charge >= 0.3 is 5.97 Å². The number of esters is 1. The van der Waals surface area contributed by atoms with Crippen molar-refractivity contribution in [2.45, 2.75) is 25.9 Å². The standard InChI is InChI=1S/C16H16N2O5/c1-7-2-3-9(6-11(7)18(21)22)17-15(19)13-8-4-10-12(5-8)23-16(20)14(10)13/h2-3,6,8,10,12-14H,4-5H2,1H3,(H,17,19)/t8-,10-,12+,13+,14-/m0/s1. The van der Waals surface area contributed by atoms with Crippen molar-refractivity contribution in [2.75, 3.05) is 5.32 Å². The molecule has 2 saturated carbocycles. The van der Waals surface area contributed by atoms with E-state index in [0.717, 1.165) is 12.8 Å². The van der Waals surface area contributed by atoms with Gasteiger partial charge in [0.2, 0.25) is 5.91 Å². The predicted octanol–water partition coefficient (Wildman–Crippen LogP) is 2.04. The largest absolute Gasteiger partial charge is 0.462 e.